The molecule has 0 bridgehead atoms. The van der Waals surface area contributed by atoms with E-state index in [4.69, 9.17) is 9.41 Å². The van der Waals surface area contributed by atoms with Gasteiger partial charge in [-0.2, -0.15) is 13.2 Å². The Morgan fingerprint density at radius 2 is 1.94 bits per heavy atom. The van der Waals surface area contributed by atoms with Crippen LogP contribution in [0.25, 0.3) is 11.3 Å². The normalized spacial score (nSPS) is 15.5. The lowest BCUT2D eigenvalue weighted by Gasteiger charge is -2.32. The summed E-state index contributed by atoms with van der Waals surface area (Å²) in [6, 6.07) is 11.5. The first-order valence-corrected chi connectivity index (χ1v) is 11.6. The van der Waals surface area contributed by atoms with E-state index < -0.39 is 11.9 Å². The van der Waals surface area contributed by atoms with Crippen LogP contribution in [0, 0.1) is 6.92 Å². The quantitative estimate of drug-likeness (QED) is 0.307. The standard InChI is InChI=1S/C25H21F3N4OS/c1-16-11-20-12-30-23(19-8-10-33-15-19)32(24(20)34-16)9-2-3-17-4-6-18(7-5-17)21-13-29-14-22(31-21)25(26,27)28/h4-8,10-15,23H,2-3,9H2,1H3. The third-order valence-corrected chi connectivity index (χ3v) is 6.76. The Hall–Kier alpha value is -3.46. The maximum Gasteiger partial charge on any atom is 0.434 e. The van der Waals surface area contributed by atoms with E-state index in [0.29, 0.717) is 5.56 Å². The molecule has 5 rings (SSSR count). The highest BCUT2D eigenvalue weighted by Crippen LogP contribution is 2.40. The first kappa shape index (κ1) is 22.3. The third-order valence-electron chi connectivity index (χ3n) is 5.65. The minimum atomic E-state index is -4.52. The van der Waals surface area contributed by atoms with Gasteiger partial charge in [-0.15, -0.1) is 11.3 Å². The molecule has 0 spiro atoms. The fraction of sp³-hybridized carbons (Fsp3) is 0.240. The number of alkyl halides is 3. The highest BCUT2D eigenvalue weighted by atomic mass is 32.1. The highest BCUT2D eigenvalue weighted by Gasteiger charge is 2.33. The van der Waals surface area contributed by atoms with Crippen molar-refractivity contribution in [2.45, 2.75) is 32.1 Å². The zero-order valence-electron chi connectivity index (χ0n) is 18.3. The summed E-state index contributed by atoms with van der Waals surface area (Å²) < 4.78 is 44.1. The number of nitrogens with zero attached hydrogens (tertiary/aromatic N) is 4. The number of aromatic nitrogens is 2. The molecule has 0 aliphatic carbocycles. The Morgan fingerprint density at radius 1 is 1.12 bits per heavy atom. The molecule has 1 atom stereocenters. The van der Waals surface area contributed by atoms with Gasteiger partial charge in [0.25, 0.3) is 0 Å². The van der Waals surface area contributed by atoms with Gasteiger partial charge in [0, 0.05) is 34.3 Å². The number of hydrogen-bond donors (Lipinski definition) is 0. The lowest BCUT2D eigenvalue weighted by Crippen LogP contribution is -2.31. The largest absolute Gasteiger partial charge is 0.472 e. The van der Waals surface area contributed by atoms with Crippen LogP contribution in [0.15, 0.2) is 70.7 Å². The molecule has 1 aliphatic heterocycles. The smallest absolute Gasteiger partial charge is 0.434 e. The molecular formula is C25H21F3N4OS. The summed E-state index contributed by atoms with van der Waals surface area (Å²) in [6.07, 6.45) is 4.49. The zero-order chi connectivity index (χ0) is 23.7. The Balaban J connectivity index is 1.27. The van der Waals surface area contributed by atoms with Crippen LogP contribution in [0.1, 0.15) is 39.8 Å². The SMILES string of the molecule is Cc1cc2c(s1)N(CCCc1ccc(-c3cncc(C(F)(F)F)n3)cc1)C(c1ccoc1)N=C2. The molecule has 3 aromatic heterocycles. The summed E-state index contributed by atoms with van der Waals surface area (Å²) in [5.41, 5.74) is 3.07. The van der Waals surface area contributed by atoms with Crippen molar-refractivity contribution in [3.05, 3.63) is 88.6 Å². The van der Waals surface area contributed by atoms with Gasteiger partial charge in [-0.3, -0.25) is 9.98 Å². The summed E-state index contributed by atoms with van der Waals surface area (Å²) in [4.78, 5) is 15.7. The maximum absolute atomic E-state index is 12.9. The molecule has 9 heteroatoms. The van der Waals surface area contributed by atoms with E-state index in [9.17, 15) is 13.2 Å². The third kappa shape index (κ3) is 4.61. The molecule has 34 heavy (non-hydrogen) atoms. The van der Waals surface area contributed by atoms with Crippen LogP contribution in [0.3, 0.4) is 0 Å². The average Bonchev–Trinajstić information content (AvgIpc) is 3.48. The van der Waals surface area contributed by atoms with Crippen molar-refractivity contribution in [2.75, 3.05) is 11.4 Å². The van der Waals surface area contributed by atoms with Crippen molar-refractivity contribution in [2.24, 2.45) is 4.99 Å². The molecule has 0 N–H and O–H groups in total. The number of anilines is 1. The molecule has 4 heterocycles. The molecule has 1 unspecified atom stereocenters. The number of furan rings is 1. The fourth-order valence-corrected chi connectivity index (χ4v) is 5.06. The minimum absolute atomic E-state index is 0.119. The van der Waals surface area contributed by atoms with Gasteiger partial charge in [-0.1, -0.05) is 24.3 Å². The predicted molar refractivity (Wildman–Crippen MR) is 126 cm³/mol. The first-order chi connectivity index (χ1) is 16.4. The molecule has 0 radical (unpaired) electrons. The molecule has 0 fully saturated rings. The molecule has 0 saturated carbocycles. The van der Waals surface area contributed by atoms with Crippen molar-refractivity contribution in [3.63, 3.8) is 0 Å². The predicted octanol–water partition coefficient (Wildman–Crippen LogP) is 6.70. The van der Waals surface area contributed by atoms with Gasteiger partial charge in [-0.05, 0) is 37.5 Å². The van der Waals surface area contributed by atoms with Crippen LogP contribution >= 0.6 is 11.3 Å². The van der Waals surface area contributed by atoms with Crippen LogP contribution in [-0.4, -0.2) is 22.7 Å². The van der Waals surface area contributed by atoms with Gasteiger partial charge in [0.1, 0.15) is 5.00 Å². The highest BCUT2D eigenvalue weighted by molar-refractivity contribution is 7.16. The number of aliphatic imine (C=N–C) groups is 1. The number of fused-ring (bicyclic) bond motifs is 1. The maximum atomic E-state index is 12.9. The zero-order valence-corrected chi connectivity index (χ0v) is 19.1. The Kier molecular flexibility index (Phi) is 5.95. The molecule has 1 aromatic carbocycles. The van der Waals surface area contributed by atoms with Crippen molar-refractivity contribution in [1.29, 1.82) is 0 Å². The number of benzene rings is 1. The average molecular weight is 483 g/mol. The fourth-order valence-electron chi connectivity index (χ4n) is 4.03. The minimum Gasteiger partial charge on any atom is -0.472 e. The molecular weight excluding hydrogens is 461 g/mol. The van der Waals surface area contributed by atoms with Crippen LogP contribution in [0.5, 0.6) is 0 Å². The van der Waals surface area contributed by atoms with E-state index in [2.05, 4.69) is 27.9 Å². The summed E-state index contributed by atoms with van der Waals surface area (Å²) in [7, 11) is 0. The van der Waals surface area contributed by atoms with E-state index in [1.807, 2.05) is 24.4 Å². The topological polar surface area (TPSA) is 54.5 Å². The van der Waals surface area contributed by atoms with Crippen LogP contribution < -0.4 is 4.90 Å². The number of halogens is 3. The molecule has 0 amide bonds. The molecule has 174 valence electrons. The summed E-state index contributed by atoms with van der Waals surface area (Å²) in [5.74, 6) is 0. The first-order valence-electron chi connectivity index (χ1n) is 10.8. The monoisotopic (exact) mass is 482 g/mol. The number of aryl methyl sites for hydroxylation is 2. The van der Waals surface area contributed by atoms with Crippen LogP contribution in [0.4, 0.5) is 18.2 Å². The number of hydrogen-bond acceptors (Lipinski definition) is 6. The molecule has 0 saturated heterocycles. The molecule has 4 aromatic rings. The van der Waals surface area contributed by atoms with Crippen LogP contribution in [0.2, 0.25) is 0 Å². The van der Waals surface area contributed by atoms with E-state index in [-0.39, 0.29) is 11.9 Å². The van der Waals surface area contributed by atoms with E-state index in [1.165, 1.54) is 16.1 Å². The van der Waals surface area contributed by atoms with Gasteiger partial charge in [-0.25, -0.2) is 4.98 Å². The Bertz CT molecular complexity index is 1300. The van der Waals surface area contributed by atoms with Crippen LogP contribution in [-0.2, 0) is 12.6 Å². The second kappa shape index (κ2) is 9.06. The van der Waals surface area contributed by atoms with E-state index >= 15 is 0 Å². The van der Waals surface area contributed by atoms with Crippen molar-refractivity contribution >= 4 is 22.6 Å². The van der Waals surface area contributed by atoms with E-state index in [1.54, 1.807) is 36.0 Å². The number of rotatable bonds is 6. The van der Waals surface area contributed by atoms with Crippen molar-refractivity contribution in [3.8, 4) is 11.3 Å². The molecule has 1 aliphatic rings. The summed E-state index contributed by atoms with van der Waals surface area (Å²) in [6.45, 7) is 2.90. The lowest BCUT2D eigenvalue weighted by molar-refractivity contribution is -0.141. The lowest BCUT2D eigenvalue weighted by atomic mass is 10.0. The van der Waals surface area contributed by atoms with Gasteiger partial charge in [0.15, 0.2) is 11.9 Å². The summed E-state index contributed by atoms with van der Waals surface area (Å²) >= 11 is 1.76. The summed E-state index contributed by atoms with van der Waals surface area (Å²) in [5, 5.41) is 1.21. The van der Waals surface area contributed by atoms with Gasteiger partial charge >= 0.3 is 6.18 Å². The Morgan fingerprint density at radius 3 is 2.68 bits per heavy atom. The van der Waals surface area contributed by atoms with Gasteiger partial charge < -0.3 is 9.32 Å². The second-order valence-corrected chi connectivity index (χ2v) is 9.34. The second-order valence-electron chi connectivity index (χ2n) is 8.11. The van der Waals surface area contributed by atoms with Gasteiger partial charge in [0.2, 0.25) is 0 Å². The van der Waals surface area contributed by atoms with E-state index in [0.717, 1.165) is 42.3 Å². The van der Waals surface area contributed by atoms with Crippen molar-refractivity contribution < 1.29 is 17.6 Å². The van der Waals surface area contributed by atoms with Crippen molar-refractivity contribution in [1.82, 2.24) is 9.97 Å². The Labute approximate surface area is 198 Å². The number of thiophene rings is 1. The molecule has 5 nitrogen and oxygen atoms in total. The van der Waals surface area contributed by atoms with Gasteiger partial charge in [0.05, 0.1) is 30.6 Å².